The van der Waals surface area contributed by atoms with Crippen molar-refractivity contribution >= 4 is 21.8 Å². The molecule has 0 bridgehead atoms. The van der Waals surface area contributed by atoms with Crippen LogP contribution in [0.3, 0.4) is 0 Å². The lowest BCUT2D eigenvalue weighted by Crippen LogP contribution is -2.40. The molecule has 0 amide bonds. The van der Waals surface area contributed by atoms with Crippen LogP contribution in [0.15, 0.2) is 35.2 Å². The van der Waals surface area contributed by atoms with Crippen LogP contribution in [0.5, 0.6) is 0 Å². The Kier molecular flexibility index (Phi) is 6.24. The van der Waals surface area contributed by atoms with E-state index in [1.54, 1.807) is 37.3 Å². The van der Waals surface area contributed by atoms with E-state index in [0.29, 0.717) is 49.2 Å². The Bertz CT molecular complexity index is 1150. The van der Waals surface area contributed by atoms with Crippen molar-refractivity contribution in [3.8, 4) is 5.69 Å². The highest BCUT2D eigenvalue weighted by Gasteiger charge is 2.40. The number of rotatable bonds is 7. The van der Waals surface area contributed by atoms with E-state index >= 15 is 0 Å². The zero-order valence-corrected chi connectivity index (χ0v) is 19.4. The Balaban J connectivity index is 1.56. The molecule has 0 radical (unpaired) electrons. The number of Topliss-reactive ketones (excluding diaryl/α,β-unsaturated/α-hetero) is 1. The van der Waals surface area contributed by atoms with Crippen molar-refractivity contribution in [3.05, 3.63) is 47.3 Å². The lowest BCUT2D eigenvalue weighted by molar-refractivity contribution is -0.144. The Hall–Kier alpha value is -2.49. The third-order valence-corrected chi connectivity index (χ3v) is 8.07. The molecule has 2 aliphatic rings. The number of benzene rings is 1. The van der Waals surface area contributed by atoms with Gasteiger partial charge in [0.15, 0.2) is 6.61 Å². The summed E-state index contributed by atoms with van der Waals surface area (Å²) < 4.78 is 39.8. The van der Waals surface area contributed by atoms with E-state index in [4.69, 9.17) is 9.47 Å². The van der Waals surface area contributed by atoms with Crippen molar-refractivity contribution in [2.75, 3.05) is 32.9 Å². The number of ketones is 1. The molecule has 0 unspecified atom stereocenters. The predicted molar refractivity (Wildman–Crippen MR) is 117 cm³/mol. The first-order chi connectivity index (χ1) is 15.2. The molecule has 2 aromatic rings. The molecule has 172 valence electrons. The van der Waals surface area contributed by atoms with Gasteiger partial charge in [0.1, 0.15) is 0 Å². The zero-order valence-electron chi connectivity index (χ0n) is 18.5. The fourth-order valence-corrected chi connectivity index (χ4v) is 5.58. The first-order valence-electron chi connectivity index (χ1n) is 10.8. The largest absolute Gasteiger partial charge is 0.457 e. The third-order valence-electron chi connectivity index (χ3n) is 6.17. The number of hydrogen-bond donors (Lipinski definition) is 0. The normalized spacial score (nSPS) is 21.3. The van der Waals surface area contributed by atoms with E-state index in [1.807, 2.05) is 18.4 Å². The second-order valence-corrected chi connectivity index (χ2v) is 10.4. The number of nitrogens with zero attached hydrogens (tertiary/aromatic N) is 2. The van der Waals surface area contributed by atoms with Crippen LogP contribution >= 0.6 is 0 Å². The van der Waals surface area contributed by atoms with Crippen molar-refractivity contribution in [3.63, 3.8) is 0 Å². The van der Waals surface area contributed by atoms with Crippen LogP contribution in [0, 0.1) is 25.7 Å². The summed E-state index contributed by atoms with van der Waals surface area (Å²) in [5.41, 5.74) is 2.57. The van der Waals surface area contributed by atoms with Gasteiger partial charge in [0, 0.05) is 35.7 Å². The molecule has 8 nitrogen and oxygen atoms in total. The number of ether oxygens (including phenoxy) is 2. The highest BCUT2D eigenvalue weighted by Crippen LogP contribution is 2.38. The minimum absolute atomic E-state index is 0.0913. The van der Waals surface area contributed by atoms with E-state index in [-0.39, 0.29) is 29.2 Å². The number of morpholine rings is 1. The van der Waals surface area contributed by atoms with Gasteiger partial charge in [-0.25, -0.2) is 8.42 Å². The van der Waals surface area contributed by atoms with Crippen LogP contribution in [0.1, 0.15) is 35.1 Å². The van der Waals surface area contributed by atoms with Crippen LogP contribution in [0.2, 0.25) is 0 Å². The molecule has 32 heavy (non-hydrogen) atoms. The predicted octanol–water partition coefficient (Wildman–Crippen LogP) is 2.50. The summed E-state index contributed by atoms with van der Waals surface area (Å²) in [6, 6.07) is 8.44. The number of aryl methyl sites for hydroxylation is 1. The summed E-state index contributed by atoms with van der Waals surface area (Å²) in [7, 11) is -3.64. The van der Waals surface area contributed by atoms with Gasteiger partial charge in [-0.3, -0.25) is 9.59 Å². The van der Waals surface area contributed by atoms with E-state index in [9.17, 15) is 18.0 Å². The summed E-state index contributed by atoms with van der Waals surface area (Å²) in [5.74, 6) is -0.362. The minimum atomic E-state index is -3.64. The summed E-state index contributed by atoms with van der Waals surface area (Å²) in [6.45, 7) is 6.75. The number of carbonyl (C=O) groups is 2. The van der Waals surface area contributed by atoms with Crippen LogP contribution in [-0.2, 0) is 24.3 Å². The van der Waals surface area contributed by atoms with Crippen molar-refractivity contribution in [1.82, 2.24) is 8.87 Å². The van der Waals surface area contributed by atoms with Crippen molar-refractivity contribution < 1.29 is 27.5 Å². The summed E-state index contributed by atoms with van der Waals surface area (Å²) >= 11 is 0. The summed E-state index contributed by atoms with van der Waals surface area (Å²) in [5, 5.41) is 0. The molecular weight excluding hydrogens is 432 g/mol. The minimum Gasteiger partial charge on any atom is -0.457 e. The average molecular weight is 461 g/mol. The second kappa shape index (κ2) is 8.80. The molecule has 1 saturated carbocycles. The zero-order chi connectivity index (χ0) is 23.0. The molecule has 1 aromatic heterocycles. The van der Waals surface area contributed by atoms with Gasteiger partial charge in [0.05, 0.1) is 24.0 Å². The average Bonchev–Trinajstić information content (AvgIpc) is 3.45. The van der Waals surface area contributed by atoms with Crippen LogP contribution in [0.25, 0.3) is 5.69 Å². The molecule has 0 N–H and O–H groups in total. The van der Waals surface area contributed by atoms with Crippen LogP contribution < -0.4 is 0 Å². The molecule has 2 atom stereocenters. The highest BCUT2D eigenvalue weighted by atomic mass is 32.2. The smallest absolute Gasteiger partial charge is 0.309 e. The fourth-order valence-electron chi connectivity index (χ4n) is 4.13. The molecule has 1 saturated heterocycles. The molecule has 9 heteroatoms. The molecular formula is C23H28N2O6S. The number of aromatic nitrogens is 1. The Morgan fingerprint density at radius 2 is 1.84 bits per heavy atom. The SMILES string of the molecule is Cc1cc(C(=O)COC(=O)[C@@H]2C[C@@H]2C)c(C)n1-c1cccc(S(=O)(=O)N2CCOCC2)c1. The van der Waals surface area contributed by atoms with Crippen LogP contribution in [0.4, 0.5) is 0 Å². The number of sulfonamides is 1. The first kappa shape index (κ1) is 22.7. The standard InChI is InChI=1S/C23H28N2O6S/c1-15-11-20(15)23(27)31-14-22(26)21-12-16(2)25(17(21)3)18-5-4-6-19(13-18)32(28,29)24-7-9-30-10-8-24/h4-6,12-13,15,20H,7-11,14H2,1-3H3/t15-,20+/m0/s1. The molecule has 2 fully saturated rings. The van der Waals surface area contributed by atoms with Gasteiger partial charge in [-0.1, -0.05) is 13.0 Å². The molecule has 4 rings (SSSR count). The maximum Gasteiger partial charge on any atom is 0.309 e. The van der Waals surface area contributed by atoms with Crippen molar-refractivity contribution in [1.29, 1.82) is 0 Å². The summed E-state index contributed by atoms with van der Waals surface area (Å²) in [6.07, 6.45) is 0.811. The quantitative estimate of drug-likeness (QED) is 0.465. The number of esters is 1. The maximum atomic E-state index is 13.0. The Morgan fingerprint density at radius 1 is 1.16 bits per heavy atom. The lowest BCUT2D eigenvalue weighted by Gasteiger charge is -2.26. The van der Waals surface area contributed by atoms with Gasteiger partial charge < -0.3 is 14.0 Å². The van der Waals surface area contributed by atoms with Gasteiger partial charge in [-0.2, -0.15) is 4.31 Å². The third kappa shape index (κ3) is 4.37. The van der Waals surface area contributed by atoms with E-state index in [1.165, 1.54) is 4.31 Å². The van der Waals surface area contributed by atoms with E-state index in [2.05, 4.69) is 0 Å². The van der Waals surface area contributed by atoms with Gasteiger partial charge >= 0.3 is 5.97 Å². The van der Waals surface area contributed by atoms with Crippen molar-refractivity contribution in [2.45, 2.75) is 32.1 Å². The van der Waals surface area contributed by atoms with Gasteiger partial charge in [-0.15, -0.1) is 0 Å². The van der Waals surface area contributed by atoms with Crippen molar-refractivity contribution in [2.24, 2.45) is 11.8 Å². The fraction of sp³-hybridized carbons (Fsp3) is 0.478. The molecule has 1 aliphatic heterocycles. The van der Waals surface area contributed by atoms with E-state index < -0.39 is 10.0 Å². The first-order valence-corrected chi connectivity index (χ1v) is 12.2. The van der Waals surface area contributed by atoms with E-state index in [0.717, 1.165) is 12.1 Å². The molecule has 0 spiro atoms. The Labute approximate surface area is 188 Å². The van der Waals surface area contributed by atoms with Gasteiger partial charge in [0.2, 0.25) is 15.8 Å². The molecule has 2 heterocycles. The lowest BCUT2D eigenvalue weighted by atomic mass is 10.1. The topological polar surface area (TPSA) is 94.9 Å². The van der Waals surface area contributed by atoms with Crippen LogP contribution in [-0.4, -0.2) is 62.0 Å². The number of hydrogen-bond acceptors (Lipinski definition) is 6. The van der Waals surface area contributed by atoms with Gasteiger partial charge in [-0.05, 0) is 50.5 Å². The molecule has 1 aromatic carbocycles. The maximum absolute atomic E-state index is 13.0. The molecule has 1 aliphatic carbocycles. The second-order valence-electron chi connectivity index (χ2n) is 8.48. The number of carbonyl (C=O) groups excluding carboxylic acids is 2. The highest BCUT2D eigenvalue weighted by molar-refractivity contribution is 7.89. The van der Waals surface area contributed by atoms with Gasteiger partial charge in [0.25, 0.3) is 0 Å². The monoisotopic (exact) mass is 460 g/mol. The summed E-state index contributed by atoms with van der Waals surface area (Å²) in [4.78, 5) is 24.9. The Morgan fingerprint density at radius 3 is 2.50 bits per heavy atom.